The van der Waals surface area contributed by atoms with Gasteiger partial charge in [0.2, 0.25) is 11.8 Å². The van der Waals surface area contributed by atoms with Crippen LogP contribution in [0.2, 0.25) is 0 Å². The first-order valence-corrected chi connectivity index (χ1v) is 20.8. The predicted octanol–water partition coefficient (Wildman–Crippen LogP) is 4.55. The highest BCUT2D eigenvalue weighted by atomic mass is 32.2. The molecule has 2 fully saturated rings. The molecule has 1 spiro atoms. The maximum absolute atomic E-state index is 14.4. The number of likely N-dealkylation sites (tertiary alicyclic amines) is 1. The van der Waals surface area contributed by atoms with Crippen LogP contribution in [-0.2, 0) is 19.1 Å². The first-order chi connectivity index (χ1) is 25.4. The highest BCUT2D eigenvalue weighted by molar-refractivity contribution is 8.18. The van der Waals surface area contributed by atoms with E-state index in [1.165, 1.54) is 0 Å². The lowest BCUT2D eigenvalue weighted by molar-refractivity contribution is -0.143. The molecule has 14 heteroatoms. The van der Waals surface area contributed by atoms with Crippen LogP contribution < -0.4 is 21.3 Å². The average Bonchev–Trinajstić information content (AvgIpc) is 3.49. The summed E-state index contributed by atoms with van der Waals surface area (Å²) in [6.07, 6.45) is -1.34. The molecule has 2 heterocycles. The maximum atomic E-state index is 14.4. The number of thioether (sulfide) groups is 2. The number of nitrogens with zero attached hydrogens (tertiary/aromatic N) is 1. The number of ketones is 1. The number of nitrogens with one attached hydrogen (secondary N) is 4. The number of aliphatic hydroxyl groups is 2. The van der Waals surface area contributed by atoms with E-state index in [1.807, 2.05) is 88.4 Å². The zero-order valence-electron chi connectivity index (χ0n) is 32.6. The molecule has 5 atom stereocenters. The van der Waals surface area contributed by atoms with Gasteiger partial charge in [0.1, 0.15) is 23.9 Å². The SMILES string of the molecule is CCCC(NC(=O)C1CC2(CN1C(=O)C(NC(=O)OC(C)(C)C)C(C)(C)C)SCCCS2)C(=O)[C@H](O)NC[C@@H](O)NC(c1ccccc1)c1ccccc1. The monoisotopic (exact) mass is 785 g/mol. The number of rotatable bonds is 15. The van der Waals surface area contributed by atoms with Gasteiger partial charge in [-0.2, -0.15) is 0 Å². The third kappa shape index (κ3) is 12.2. The molecule has 4 rings (SSSR count). The Bertz CT molecular complexity index is 1510. The van der Waals surface area contributed by atoms with Gasteiger partial charge >= 0.3 is 6.09 Å². The van der Waals surface area contributed by atoms with Crippen molar-refractivity contribution in [3.05, 3.63) is 71.8 Å². The third-order valence-corrected chi connectivity index (χ3v) is 12.6. The van der Waals surface area contributed by atoms with Gasteiger partial charge in [-0.1, -0.05) is 94.8 Å². The number of alkyl carbamates (subject to hydrolysis) is 1. The first-order valence-electron chi connectivity index (χ1n) is 18.8. The molecular formula is C40H59N5O7S2. The minimum Gasteiger partial charge on any atom is -0.444 e. The highest BCUT2D eigenvalue weighted by Gasteiger charge is 2.53. The van der Waals surface area contributed by atoms with Crippen LogP contribution in [0.3, 0.4) is 0 Å². The van der Waals surface area contributed by atoms with Crippen LogP contribution in [0.25, 0.3) is 0 Å². The summed E-state index contributed by atoms with van der Waals surface area (Å²) in [5.74, 6) is 0.255. The summed E-state index contributed by atoms with van der Waals surface area (Å²) in [7, 11) is 0. The molecule has 2 aliphatic heterocycles. The number of Topliss-reactive ketones (excluding diaryl/α,β-unsaturated/α-hetero) is 1. The van der Waals surface area contributed by atoms with E-state index in [2.05, 4.69) is 21.3 Å². The number of hydrogen-bond donors (Lipinski definition) is 6. The fourth-order valence-electron chi connectivity index (χ4n) is 6.65. The molecule has 12 nitrogen and oxygen atoms in total. The molecule has 3 unspecified atom stereocenters. The van der Waals surface area contributed by atoms with Crippen LogP contribution in [0.1, 0.15) is 91.3 Å². The molecule has 0 bridgehead atoms. The molecule has 2 saturated heterocycles. The normalized spacial score (nSPS) is 19.5. The number of carbonyl (C=O) groups is 4. The van der Waals surface area contributed by atoms with Crippen molar-refractivity contribution >= 4 is 47.2 Å². The highest BCUT2D eigenvalue weighted by Crippen LogP contribution is 2.50. The zero-order chi connectivity index (χ0) is 39.7. The lowest BCUT2D eigenvalue weighted by Crippen LogP contribution is -2.59. The number of amides is 3. The molecule has 2 aromatic rings. The quantitative estimate of drug-likeness (QED) is 0.140. The number of hydrogen-bond acceptors (Lipinski definition) is 11. The predicted molar refractivity (Wildman–Crippen MR) is 215 cm³/mol. The van der Waals surface area contributed by atoms with Crippen molar-refractivity contribution in [2.24, 2.45) is 5.41 Å². The molecule has 0 aliphatic carbocycles. The maximum Gasteiger partial charge on any atom is 0.408 e. The summed E-state index contributed by atoms with van der Waals surface area (Å²) in [6.45, 7) is 12.8. The second-order valence-electron chi connectivity index (χ2n) is 16.1. The van der Waals surface area contributed by atoms with Gasteiger partial charge in [-0.3, -0.25) is 25.0 Å². The smallest absolute Gasteiger partial charge is 0.408 e. The van der Waals surface area contributed by atoms with E-state index >= 15 is 0 Å². The Hall–Kier alpha value is -3.14. The van der Waals surface area contributed by atoms with Gasteiger partial charge < -0.3 is 30.5 Å². The van der Waals surface area contributed by atoms with Crippen LogP contribution in [0, 0.1) is 5.41 Å². The van der Waals surface area contributed by atoms with Crippen LogP contribution in [0.15, 0.2) is 60.7 Å². The van der Waals surface area contributed by atoms with Crippen molar-refractivity contribution in [1.29, 1.82) is 0 Å². The molecule has 2 aromatic carbocycles. The van der Waals surface area contributed by atoms with Crippen molar-refractivity contribution in [1.82, 2.24) is 26.2 Å². The lowest BCUT2D eigenvalue weighted by atomic mass is 9.85. The van der Waals surface area contributed by atoms with E-state index < -0.39 is 69.4 Å². The summed E-state index contributed by atoms with van der Waals surface area (Å²) >= 11 is 3.48. The fraction of sp³-hybridized carbons (Fsp3) is 0.600. The lowest BCUT2D eigenvalue weighted by Gasteiger charge is -2.36. The Labute approximate surface area is 328 Å². The average molecular weight is 786 g/mol. The van der Waals surface area contributed by atoms with Gasteiger partial charge in [0, 0.05) is 19.5 Å². The van der Waals surface area contributed by atoms with Crippen molar-refractivity contribution in [3.8, 4) is 0 Å². The van der Waals surface area contributed by atoms with Gasteiger partial charge in [-0.15, -0.1) is 23.5 Å². The second kappa shape index (κ2) is 19.1. The van der Waals surface area contributed by atoms with Gasteiger partial charge in [0.15, 0.2) is 12.0 Å². The Kier molecular flexibility index (Phi) is 15.4. The molecule has 54 heavy (non-hydrogen) atoms. The fourth-order valence-corrected chi connectivity index (χ4v) is 10.0. The Morgan fingerprint density at radius 3 is 2.00 bits per heavy atom. The van der Waals surface area contributed by atoms with E-state index in [9.17, 15) is 29.4 Å². The van der Waals surface area contributed by atoms with Crippen LogP contribution in [0.4, 0.5) is 4.79 Å². The Morgan fingerprint density at radius 2 is 1.48 bits per heavy atom. The number of aliphatic hydroxyl groups excluding tert-OH is 2. The largest absolute Gasteiger partial charge is 0.444 e. The number of benzene rings is 2. The zero-order valence-corrected chi connectivity index (χ0v) is 34.2. The Morgan fingerprint density at radius 1 is 0.907 bits per heavy atom. The van der Waals surface area contributed by atoms with E-state index in [0.29, 0.717) is 19.4 Å². The molecule has 3 amide bonds. The van der Waals surface area contributed by atoms with E-state index in [1.54, 1.807) is 49.2 Å². The molecule has 298 valence electrons. The molecule has 0 saturated carbocycles. The first kappa shape index (κ1) is 43.6. The third-order valence-electron chi connectivity index (χ3n) is 9.31. The second-order valence-corrected chi connectivity index (χ2v) is 19.3. The number of ether oxygens (including phenoxy) is 1. The van der Waals surface area contributed by atoms with Crippen molar-refractivity contribution in [2.75, 3.05) is 24.6 Å². The summed E-state index contributed by atoms with van der Waals surface area (Å²) < 4.78 is 5.08. The molecule has 0 radical (unpaired) electrons. The van der Waals surface area contributed by atoms with E-state index in [4.69, 9.17) is 4.74 Å². The standard InChI is InChI=1S/C40H59N5O7S2/c1-8-16-28(32(47)35(49)41-24-30(46)43-31(26-17-11-9-12-18-26)27-19-13-10-14-20-27)42-34(48)29-23-40(53-21-15-22-54-40)25-45(29)36(50)33(38(2,3)4)44-37(51)52-39(5,6)7/h9-14,17-20,28-31,33,35,41,43,46,49H,8,15-16,21-25H2,1-7H3,(H,42,48)(H,44,51)/t28?,29?,30-,33?,35+/m1/s1. The van der Waals surface area contributed by atoms with Gasteiger partial charge in [-0.05, 0) is 61.7 Å². The van der Waals surface area contributed by atoms with Crippen molar-refractivity contribution in [3.63, 3.8) is 0 Å². The summed E-state index contributed by atoms with van der Waals surface area (Å²) in [4.78, 5) is 56.7. The van der Waals surface area contributed by atoms with Crippen molar-refractivity contribution in [2.45, 2.75) is 120 Å². The molecule has 6 N–H and O–H groups in total. The van der Waals surface area contributed by atoms with Gasteiger partial charge in [-0.25, -0.2) is 4.79 Å². The minimum absolute atomic E-state index is 0.156. The Balaban J connectivity index is 1.46. The van der Waals surface area contributed by atoms with E-state index in [0.717, 1.165) is 29.1 Å². The minimum atomic E-state index is -1.68. The summed E-state index contributed by atoms with van der Waals surface area (Å²) in [5, 5.41) is 33.5. The topological polar surface area (TPSA) is 169 Å². The van der Waals surface area contributed by atoms with Crippen LogP contribution >= 0.6 is 23.5 Å². The molecular weight excluding hydrogens is 727 g/mol. The molecule has 0 aromatic heterocycles. The summed E-state index contributed by atoms with van der Waals surface area (Å²) in [6, 6.07) is 16.0. The van der Waals surface area contributed by atoms with Gasteiger partial charge in [0.05, 0.1) is 16.2 Å². The molecule has 2 aliphatic rings. The van der Waals surface area contributed by atoms with Crippen LogP contribution in [-0.4, -0.2) is 104 Å². The summed E-state index contributed by atoms with van der Waals surface area (Å²) in [5.41, 5.74) is 0.388. The van der Waals surface area contributed by atoms with E-state index in [-0.39, 0.29) is 19.0 Å². The van der Waals surface area contributed by atoms with Crippen molar-refractivity contribution < 1.29 is 34.1 Å². The van der Waals surface area contributed by atoms with Gasteiger partial charge in [0.25, 0.3) is 0 Å². The number of carbonyl (C=O) groups excluding carboxylic acids is 4. The van der Waals surface area contributed by atoms with Crippen LogP contribution in [0.5, 0.6) is 0 Å².